The third-order valence-corrected chi connectivity index (χ3v) is 7.09. The number of ketones is 1. The fourth-order valence-electron chi connectivity index (χ4n) is 4.72. The number of likely N-dealkylation sites (tertiary alicyclic amines) is 1. The lowest BCUT2D eigenvalue weighted by Gasteiger charge is -2.33. The van der Waals surface area contributed by atoms with E-state index in [1.165, 1.54) is 6.08 Å². The van der Waals surface area contributed by atoms with Crippen molar-refractivity contribution in [1.29, 1.82) is 0 Å². The van der Waals surface area contributed by atoms with Crippen molar-refractivity contribution in [2.75, 3.05) is 40.4 Å². The number of nitrogens with one attached hydrogen (secondary N) is 1. The van der Waals surface area contributed by atoms with Crippen LogP contribution >= 0.6 is 11.6 Å². The topological polar surface area (TPSA) is 80.3 Å². The van der Waals surface area contributed by atoms with E-state index in [1.54, 1.807) is 26.6 Å². The van der Waals surface area contributed by atoms with Gasteiger partial charge in [0.1, 0.15) is 12.0 Å². The Bertz CT molecular complexity index is 1120. The minimum atomic E-state index is 0.0190. The Hall–Kier alpha value is -3.23. The number of nitrogens with zero attached hydrogens (tertiary/aromatic N) is 2. The van der Waals surface area contributed by atoms with E-state index in [-0.39, 0.29) is 24.2 Å². The first-order chi connectivity index (χ1) is 17.9. The maximum Gasteiger partial charge on any atom is 0.224 e. The Balaban J connectivity index is 1.17. The number of hydrogen-bond donors (Lipinski definition) is 1. The highest BCUT2D eigenvalue weighted by molar-refractivity contribution is 6.32. The van der Waals surface area contributed by atoms with Crippen LogP contribution in [0.1, 0.15) is 31.2 Å². The zero-order chi connectivity index (χ0) is 26.2. The number of halogens is 1. The minimum Gasteiger partial charge on any atom is -0.493 e. The lowest BCUT2D eigenvalue weighted by atomic mass is 10.0. The third-order valence-electron chi connectivity index (χ3n) is 6.74. The van der Waals surface area contributed by atoms with Gasteiger partial charge in [0.2, 0.25) is 5.91 Å². The monoisotopic (exact) mass is 527 g/mol. The molecule has 0 radical (unpaired) electrons. The summed E-state index contributed by atoms with van der Waals surface area (Å²) >= 11 is 6.28. The lowest BCUT2D eigenvalue weighted by Crippen LogP contribution is -2.45. The van der Waals surface area contributed by atoms with Crippen molar-refractivity contribution in [2.24, 2.45) is 0 Å². The number of rotatable bonds is 10. The number of methoxy groups -OCH3 is 2. The van der Waals surface area contributed by atoms with Gasteiger partial charge in [-0.1, -0.05) is 17.7 Å². The largest absolute Gasteiger partial charge is 0.493 e. The molecule has 1 saturated heterocycles. The molecule has 0 spiro atoms. The third kappa shape index (κ3) is 7.40. The minimum absolute atomic E-state index is 0.0190. The van der Waals surface area contributed by atoms with Gasteiger partial charge in [0.15, 0.2) is 17.3 Å². The van der Waals surface area contributed by atoms with Gasteiger partial charge >= 0.3 is 0 Å². The number of carbonyl (C=O) groups excluding carboxylic acids is 2. The van der Waals surface area contributed by atoms with Gasteiger partial charge in [0.05, 0.1) is 20.6 Å². The van der Waals surface area contributed by atoms with Crippen LogP contribution in [0.2, 0.25) is 0 Å². The SMILES string of the molecule is COc1ccc(CC(=O)NC2CCN(CCCN3C=COC(C4=C(Cl)C=CC(=O)C4)=C3)CC2)cc1OC. The average Bonchev–Trinajstić information content (AvgIpc) is 2.91. The molecule has 198 valence electrons. The van der Waals surface area contributed by atoms with Gasteiger partial charge in [-0.05, 0) is 55.7 Å². The summed E-state index contributed by atoms with van der Waals surface area (Å²) in [5, 5.41) is 3.73. The molecule has 1 amide bonds. The molecule has 1 aliphatic carbocycles. The van der Waals surface area contributed by atoms with E-state index in [0.29, 0.717) is 28.7 Å². The Labute approximate surface area is 223 Å². The zero-order valence-corrected chi connectivity index (χ0v) is 22.1. The van der Waals surface area contributed by atoms with Gasteiger partial charge in [-0.3, -0.25) is 9.59 Å². The molecule has 8 nitrogen and oxygen atoms in total. The highest BCUT2D eigenvalue weighted by Gasteiger charge is 2.22. The van der Waals surface area contributed by atoms with Crippen LogP contribution in [0.25, 0.3) is 0 Å². The van der Waals surface area contributed by atoms with E-state index in [9.17, 15) is 9.59 Å². The molecule has 2 heterocycles. The van der Waals surface area contributed by atoms with Crippen LogP contribution in [0.4, 0.5) is 0 Å². The molecule has 0 bridgehead atoms. The van der Waals surface area contributed by atoms with Crippen LogP contribution < -0.4 is 14.8 Å². The maximum atomic E-state index is 12.6. The summed E-state index contributed by atoms with van der Waals surface area (Å²) in [4.78, 5) is 28.9. The van der Waals surface area contributed by atoms with Crippen LogP contribution in [-0.4, -0.2) is 67.9 Å². The highest BCUT2D eigenvalue weighted by atomic mass is 35.5. The maximum absolute atomic E-state index is 12.6. The molecule has 3 aliphatic rings. The van der Waals surface area contributed by atoms with E-state index < -0.39 is 0 Å². The number of allylic oxidation sites excluding steroid dienone is 4. The molecule has 1 aromatic rings. The van der Waals surface area contributed by atoms with E-state index >= 15 is 0 Å². The summed E-state index contributed by atoms with van der Waals surface area (Å²) in [6.07, 6.45) is 12.0. The second-order valence-corrected chi connectivity index (χ2v) is 9.75. The standard InChI is InChI=1S/C28H34ClN3O5/c1-35-25-7-4-20(16-26(25)36-2)17-28(34)30-21-8-12-31(13-9-21)10-3-11-32-14-15-37-27(19-32)23-18-22(33)5-6-24(23)29/h4-7,14-16,19,21H,3,8-13,17-18H2,1-2H3,(H,30,34). The zero-order valence-electron chi connectivity index (χ0n) is 21.4. The number of piperidine rings is 1. The average molecular weight is 528 g/mol. The van der Waals surface area contributed by atoms with Crippen LogP contribution in [0.3, 0.4) is 0 Å². The van der Waals surface area contributed by atoms with E-state index in [1.807, 2.05) is 30.6 Å². The quantitative estimate of drug-likeness (QED) is 0.494. The van der Waals surface area contributed by atoms with E-state index in [4.69, 9.17) is 25.8 Å². The smallest absolute Gasteiger partial charge is 0.224 e. The van der Waals surface area contributed by atoms with Crippen molar-refractivity contribution in [2.45, 2.75) is 38.1 Å². The van der Waals surface area contributed by atoms with Crippen molar-refractivity contribution in [1.82, 2.24) is 15.1 Å². The Morgan fingerprint density at radius 3 is 2.68 bits per heavy atom. The van der Waals surface area contributed by atoms with Crippen molar-refractivity contribution in [3.63, 3.8) is 0 Å². The van der Waals surface area contributed by atoms with Crippen LogP contribution in [0, 0.1) is 0 Å². The number of hydrogen-bond acceptors (Lipinski definition) is 7. The predicted molar refractivity (Wildman–Crippen MR) is 142 cm³/mol. The van der Waals surface area contributed by atoms with Gasteiger partial charge in [-0.15, -0.1) is 0 Å². The van der Waals surface area contributed by atoms with E-state index in [2.05, 4.69) is 15.1 Å². The molecular formula is C28H34ClN3O5. The highest BCUT2D eigenvalue weighted by Crippen LogP contribution is 2.30. The molecule has 1 aromatic carbocycles. The number of amides is 1. The molecule has 9 heteroatoms. The summed E-state index contributed by atoms with van der Waals surface area (Å²) in [6, 6.07) is 5.76. The summed E-state index contributed by atoms with van der Waals surface area (Å²) in [5.74, 6) is 1.95. The van der Waals surface area contributed by atoms with Gasteiger partial charge in [0.25, 0.3) is 0 Å². The Morgan fingerprint density at radius 1 is 1.14 bits per heavy atom. The molecule has 37 heavy (non-hydrogen) atoms. The number of ether oxygens (including phenoxy) is 3. The second kappa shape index (κ2) is 12.8. The first kappa shape index (κ1) is 26.8. The number of carbonyl (C=O) groups is 2. The summed E-state index contributed by atoms with van der Waals surface area (Å²) in [5.41, 5.74) is 1.62. The fourth-order valence-corrected chi connectivity index (χ4v) is 4.94. The molecule has 0 aromatic heterocycles. The molecular weight excluding hydrogens is 494 g/mol. The van der Waals surface area contributed by atoms with Crippen molar-refractivity contribution in [3.05, 3.63) is 70.9 Å². The van der Waals surface area contributed by atoms with Crippen molar-refractivity contribution in [3.8, 4) is 11.5 Å². The summed E-state index contributed by atoms with van der Waals surface area (Å²) < 4.78 is 16.2. The van der Waals surface area contributed by atoms with Crippen molar-refractivity contribution >= 4 is 23.3 Å². The normalized spacial score (nSPS) is 18.5. The molecule has 2 aliphatic heterocycles. The van der Waals surface area contributed by atoms with Crippen LogP contribution in [-0.2, 0) is 20.7 Å². The first-order valence-corrected chi connectivity index (χ1v) is 13.0. The first-order valence-electron chi connectivity index (χ1n) is 12.6. The molecule has 0 unspecified atom stereocenters. The summed E-state index contributed by atoms with van der Waals surface area (Å²) in [7, 11) is 3.19. The predicted octanol–water partition coefficient (Wildman–Crippen LogP) is 3.88. The fraction of sp³-hybridized carbons (Fsp3) is 0.429. The van der Waals surface area contributed by atoms with Gasteiger partial charge in [-0.25, -0.2) is 0 Å². The van der Waals surface area contributed by atoms with Gasteiger partial charge in [-0.2, -0.15) is 0 Å². The Kier molecular flexibility index (Phi) is 9.30. The Morgan fingerprint density at radius 2 is 1.92 bits per heavy atom. The van der Waals surface area contributed by atoms with E-state index in [0.717, 1.165) is 56.6 Å². The van der Waals surface area contributed by atoms with Crippen LogP contribution in [0.5, 0.6) is 11.5 Å². The van der Waals surface area contributed by atoms with Crippen LogP contribution in [0.15, 0.2) is 65.4 Å². The molecule has 1 fully saturated rings. The lowest BCUT2D eigenvalue weighted by molar-refractivity contribution is -0.121. The molecule has 1 N–H and O–H groups in total. The van der Waals surface area contributed by atoms with Crippen molar-refractivity contribution < 1.29 is 23.8 Å². The van der Waals surface area contributed by atoms with Gasteiger partial charge < -0.3 is 29.3 Å². The summed E-state index contributed by atoms with van der Waals surface area (Å²) in [6.45, 7) is 3.72. The van der Waals surface area contributed by atoms with Gasteiger partial charge in [0, 0.05) is 55.1 Å². The number of benzene rings is 1. The second-order valence-electron chi connectivity index (χ2n) is 9.34. The molecule has 0 saturated carbocycles. The molecule has 4 rings (SSSR count). The molecule has 0 atom stereocenters.